The number of aromatic nitrogens is 2. The van der Waals surface area contributed by atoms with Crippen molar-refractivity contribution in [2.45, 2.75) is 24.9 Å². The van der Waals surface area contributed by atoms with E-state index in [2.05, 4.69) is 25.9 Å². The summed E-state index contributed by atoms with van der Waals surface area (Å²) in [7, 11) is 0. The van der Waals surface area contributed by atoms with Crippen LogP contribution in [-0.4, -0.2) is 21.1 Å². The van der Waals surface area contributed by atoms with E-state index in [0.29, 0.717) is 5.82 Å². The number of unbranched alkanes of at least 4 members (excludes halogenated alkanes) is 1. The van der Waals surface area contributed by atoms with Gasteiger partial charge in [-0.3, -0.25) is 0 Å². The first kappa shape index (κ1) is 11.8. The summed E-state index contributed by atoms with van der Waals surface area (Å²) in [4.78, 5) is 8.44. The standard InChI is InChI=1S/C9H14BrN3S/c1-7-6-8(11)13-9(12-7)14-5-3-2-4-10/h6H,2-5H2,1H3,(H2,11,12,13). The Morgan fingerprint density at radius 2 is 2.21 bits per heavy atom. The number of anilines is 1. The van der Waals surface area contributed by atoms with Crippen LogP contribution in [0.2, 0.25) is 0 Å². The second-order valence-electron chi connectivity index (χ2n) is 2.96. The van der Waals surface area contributed by atoms with Gasteiger partial charge >= 0.3 is 0 Å². The Balaban J connectivity index is 2.42. The van der Waals surface area contributed by atoms with Crippen molar-refractivity contribution in [2.75, 3.05) is 16.8 Å². The monoisotopic (exact) mass is 275 g/mol. The van der Waals surface area contributed by atoms with Crippen molar-refractivity contribution in [2.24, 2.45) is 0 Å². The lowest BCUT2D eigenvalue weighted by Gasteiger charge is -2.01. The molecule has 1 aromatic rings. The van der Waals surface area contributed by atoms with Crippen LogP contribution in [0.3, 0.4) is 0 Å². The minimum Gasteiger partial charge on any atom is -0.384 e. The number of hydrogen-bond acceptors (Lipinski definition) is 4. The number of nitrogen functional groups attached to an aromatic ring is 1. The summed E-state index contributed by atoms with van der Waals surface area (Å²) in [5.74, 6) is 1.61. The smallest absolute Gasteiger partial charge is 0.189 e. The Bertz CT molecular complexity index is 273. The molecule has 0 spiro atoms. The van der Waals surface area contributed by atoms with Crippen LogP contribution in [0.5, 0.6) is 0 Å². The van der Waals surface area contributed by atoms with Gasteiger partial charge in [-0.05, 0) is 19.8 Å². The Kier molecular flexibility index (Phi) is 5.25. The van der Waals surface area contributed by atoms with Gasteiger partial charge < -0.3 is 5.73 Å². The summed E-state index contributed by atoms with van der Waals surface area (Å²) in [5.41, 5.74) is 6.55. The number of nitrogens with zero attached hydrogens (tertiary/aromatic N) is 2. The van der Waals surface area contributed by atoms with E-state index in [4.69, 9.17) is 5.73 Å². The second kappa shape index (κ2) is 6.24. The zero-order chi connectivity index (χ0) is 10.4. The lowest BCUT2D eigenvalue weighted by molar-refractivity contribution is 0.897. The summed E-state index contributed by atoms with van der Waals surface area (Å²) in [5, 5.41) is 1.85. The molecule has 0 aliphatic carbocycles. The van der Waals surface area contributed by atoms with Gasteiger partial charge in [0.25, 0.3) is 0 Å². The van der Waals surface area contributed by atoms with Crippen LogP contribution in [0, 0.1) is 6.92 Å². The highest BCUT2D eigenvalue weighted by atomic mass is 79.9. The quantitative estimate of drug-likeness (QED) is 0.389. The van der Waals surface area contributed by atoms with Gasteiger partial charge in [0, 0.05) is 22.8 Å². The van der Waals surface area contributed by atoms with Crippen molar-refractivity contribution in [3.8, 4) is 0 Å². The molecular formula is C9H14BrN3S. The summed E-state index contributed by atoms with van der Waals surface area (Å²) in [6.07, 6.45) is 2.36. The van der Waals surface area contributed by atoms with Crippen LogP contribution in [0.1, 0.15) is 18.5 Å². The molecule has 0 saturated carbocycles. The molecule has 78 valence electrons. The largest absolute Gasteiger partial charge is 0.384 e. The van der Waals surface area contributed by atoms with Gasteiger partial charge in [-0.2, -0.15) is 0 Å². The molecule has 0 radical (unpaired) electrons. The lowest BCUT2D eigenvalue weighted by Crippen LogP contribution is -1.97. The summed E-state index contributed by atoms with van der Waals surface area (Å²) in [6, 6.07) is 1.78. The molecule has 0 aliphatic rings. The molecule has 0 unspecified atom stereocenters. The van der Waals surface area contributed by atoms with Gasteiger partial charge in [-0.1, -0.05) is 27.7 Å². The van der Waals surface area contributed by atoms with Crippen LogP contribution < -0.4 is 5.73 Å². The summed E-state index contributed by atoms with van der Waals surface area (Å²) in [6.45, 7) is 1.93. The predicted octanol–water partition coefficient (Wildman–Crippen LogP) is 2.63. The number of aryl methyl sites for hydroxylation is 1. The highest BCUT2D eigenvalue weighted by Gasteiger charge is 2.00. The molecule has 0 aliphatic heterocycles. The van der Waals surface area contributed by atoms with Gasteiger partial charge in [-0.25, -0.2) is 9.97 Å². The van der Waals surface area contributed by atoms with Crippen molar-refractivity contribution in [3.63, 3.8) is 0 Å². The summed E-state index contributed by atoms with van der Waals surface area (Å²) < 4.78 is 0. The Morgan fingerprint density at radius 3 is 2.86 bits per heavy atom. The molecule has 0 atom stereocenters. The minimum absolute atomic E-state index is 0.556. The maximum absolute atomic E-state index is 5.62. The molecule has 1 heterocycles. The first-order valence-corrected chi connectivity index (χ1v) is 6.63. The third kappa shape index (κ3) is 4.28. The number of halogens is 1. The van der Waals surface area contributed by atoms with E-state index in [1.807, 2.05) is 6.92 Å². The van der Waals surface area contributed by atoms with E-state index in [9.17, 15) is 0 Å². The van der Waals surface area contributed by atoms with Crippen LogP contribution >= 0.6 is 27.7 Å². The number of nitrogens with two attached hydrogens (primary N) is 1. The van der Waals surface area contributed by atoms with Crippen LogP contribution in [0.15, 0.2) is 11.2 Å². The van der Waals surface area contributed by atoms with Crippen LogP contribution in [0.25, 0.3) is 0 Å². The van der Waals surface area contributed by atoms with Gasteiger partial charge in [-0.15, -0.1) is 0 Å². The first-order valence-electron chi connectivity index (χ1n) is 4.52. The molecule has 14 heavy (non-hydrogen) atoms. The van der Waals surface area contributed by atoms with E-state index in [0.717, 1.165) is 21.9 Å². The third-order valence-electron chi connectivity index (χ3n) is 1.61. The molecule has 1 aromatic heterocycles. The van der Waals surface area contributed by atoms with Crippen molar-refractivity contribution in [1.29, 1.82) is 0 Å². The zero-order valence-corrected chi connectivity index (χ0v) is 10.6. The molecule has 5 heteroatoms. The third-order valence-corrected chi connectivity index (χ3v) is 3.11. The number of rotatable bonds is 5. The fourth-order valence-corrected chi connectivity index (χ4v) is 2.30. The average molecular weight is 276 g/mol. The van der Waals surface area contributed by atoms with Crippen molar-refractivity contribution in [1.82, 2.24) is 9.97 Å². The molecule has 0 fully saturated rings. The van der Waals surface area contributed by atoms with Crippen LogP contribution in [-0.2, 0) is 0 Å². The number of alkyl halides is 1. The Labute approximate surface area is 97.0 Å². The summed E-state index contributed by atoms with van der Waals surface area (Å²) >= 11 is 5.06. The van der Waals surface area contributed by atoms with E-state index < -0.39 is 0 Å². The van der Waals surface area contributed by atoms with Crippen molar-refractivity contribution < 1.29 is 0 Å². The Morgan fingerprint density at radius 1 is 1.43 bits per heavy atom. The minimum atomic E-state index is 0.556. The molecule has 0 saturated heterocycles. The van der Waals surface area contributed by atoms with Gasteiger partial charge in [0.2, 0.25) is 0 Å². The van der Waals surface area contributed by atoms with Gasteiger partial charge in [0.1, 0.15) is 5.82 Å². The van der Waals surface area contributed by atoms with E-state index >= 15 is 0 Å². The maximum Gasteiger partial charge on any atom is 0.189 e. The van der Waals surface area contributed by atoms with Gasteiger partial charge in [0.05, 0.1) is 0 Å². The highest BCUT2D eigenvalue weighted by molar-refractivity contribution is 9.09. The molecular weight excluding hydrogens is 262 g/mol. The molecule has 2 N–H and O–H groups in total. The topological polar surface area (TPSA) is 51.8 Å². The zero-order valence-electron chi connectivity index (χ0n) is 8.16. The van der Waals surface area contributed by atoms with E-state index in [1.54, 1.807) is 17.8 Å². The fraction of sp³-hybridized carbons (Fsp3) is 0.556. The van der Waals surface area contributed by atoms with Crippen LogP contribution in [0.4, 0.5) is 5.82 Å². The van der Waals surface area contributed by atoms with Crippen molar-refractivity contribution in [3.05, 3.63) is 11.8 Å². The second-order valence-corrected chi connectivity index (χ2v) is 4.82. The molecule has 1 rings (SSSR count). The maximum atomic E-state index is 5.62. The fourth-order valence-electron chi connectivity index (χ4n) is 0.989. The molecule has 3 nitrogen and oxygen atoms in total. The Hall–Kier alpha value is -0.290. The normalized spacial score (nSPS) is 10.4. The van der Waals surface area contributed by atoms with E-state index in [1.165, 1.54) is 12.8 Å². The highest BCUT2D eigenvalue weighted by Crippen LogP contribution is 2.16. The lowest BCUT2D eigenvalue weighted by atomic mass is 10.4. The molecule has 0 amide bonds. The molecule has 0 bridgehead atoms. The van der Waals surface area contributed by atoms with Crippen molar-refractivity contribution >= 4 is 33.5 Å². The first-order chi connectivity index (χ1) is 6.72. The van der Waals surface area contributed by atoms with Gasteiger partial charge in [0.15, 0.2) is 5.16 Å². The predicted molar refractivity (Wildman–Crippen MR) is 64.9 cm³/mol. The number of thioether (sulfide) groups is 1. The molecule has 0 aromatic carbocycles. The SMILES string of the molecule is Cc1cc(N)nc(SCCCCBr)n1. The van der Waals surface area contributed by atoms with E-state index in [-0.39, 0.29) is 0 Å². The average Bonchev–Trinajstić information content (AvgIpc) is 2.11. The number of hydrogen-bond donors (Lipinski definition) is 1.